The van der Waals surface area contributed by atoms with Gasteiger partial charge in [-0.05, 0) is 72.8 Å². The van der Waals surface area contributed by atoms with E-state index < -0.39 is 6.10 Å². The highest BCUT2D eigenvalue weighted by atomic mass is 16.5. The van der Waals surface area contributed by atoms with Crippen molar-refractivity contribution in [1.82, 2.24) is 20.2 Å². The average Bonchev–Trinajstić information content (AvgIpc) is 3.19. The SMILES string of the molecule is CCOc1ccc(NC(=O)[C@@H](C)Oc2ccc(-n3cnnn3)cc2)cc1. The minimum atomic E-state index is -0.652. The molecular weight excluding hydrogens is 334 g/mol. The van der Waals surface area contributed by atoms with Crippen LogP contribution in [0.4, 0.5) is 5.69 Å². The van der Waals surface area contributed by atoms with Crippen molar-refractivity contribution in [2.45, 2.75) is 20.0 Å². The first-order valence-electron chi connectivity index (χ1n) is 8.19. The Hall–Kier alpha value is -3.42. The number of amides is 1. The van der Waals surface area contributed by atoms with E-state index in [1.54, 1.807) is 31.2 Å². The molecule has 1 aromatic heterocycles. The predicted octanol–water partition coefficient (Wildman–Crippen LogP) is 2.47. The minimum absolute atomic E-state index is 0.237. The van der Waals surface area contributed by atoms with Crippen LogP contribution in [0.3, 0.4) is 0 Å². The normalized spacial score (nSPS) is 11.6. The molecule has 1 N–H and O–H groups in total. The molecule has 3 rings (SSSR count). The molecule has 8 nitrogen and oxygen atoms in total. The van der Waals surface area contributed by atoms with E-state index in [0.29, 0.717) is 18.0 Å². The van der Waals surface area contributed by atoms with Crippen LogP contribution >= 0.6 is 0 Å². The first kappa shape index (κ1) is 17.4. The fourth-order valence-corrected chi connectivity index (χ4v) is 2.26. The third-order valence-corrected chi connectivity index (χ3v) is 3.57. The summed E-state index contributed by atoms with van der Waals surface area (Å²) in [6.07, 6.45) is 0.850. The summed E-state index contributed by atoms with van der Waals surface area (Å²) in [6, 6.07) is 14.3. The van der Waals surface area contributed by atoms with E-state index >= 15 is 0 Å². The molecular formula is C18H19N5O3. The number of hydrogen-bond acceptors (Lipinski definition) is 6. The number of anilines is 1. The Morgan fingerprint density at radius 3 is 2.42 bits per heavy atom. The summed E-state index contributed by atoms with van der Waals surface area (Å²) in [5.74, 6) is 1.10. The molecule has 0 aliphatic heterocycles. The van der Waals surface area contributed by atoms with E-state index in [0.717, 1.165) is 11.4 Å². The third-order valence-electron chi connectivity index (χ3n) is 3.57. The van der Waals surface area contributed by atoms with Gasteiger partial charge in [0.25, 0.3) is 5.91 Å². The summed E-state index contributed by atoms with van der Waals surface area (Å²) >= 11 is 0. The lowest BCUT2D eigenvalue weighted by Crippen LogP contribution is -2.30. The molecule has 0 aliphatic carbocycles. The number of hydrogen-bond donors (Lipinski definition) is 1. The van der Waals surface area contributed by atoms with Crippen molar-refractivity contribution >= 4 is 11.6 Å². The summed E-state index contributed by atoms with van der Waals surface area (Å²) in [5, 5.41) is 13.8. The Kier molecular flexibility index (Phi) is 5.43. The van der Waals surface area contributed by atoms with Gasteiger partial charge in [0.2, 0.25) is 0 Å². The van der Waals surface area contributed by atoms with Gasteiger partial charge in [0.1, 0.15) is 17.8 Å². The molecule has 3 aromatic rings. The number of aromatic nitrogens is 4. The molecule has 0 radical (unpaired) electrons. The van der Waals surface area contributed by atoms with Crippen molar-refractivity contribution in [2.75, 3.05) is 11.9 Å². The number of ether oxygens (including phenoxy) is 2. The van der Waals surface area contributed by atoms with Gasteiger partial charge < -0.3 is 14.8 Å². The highest BCUT2D eigenvalue weighted by Gasteiger charge is 2.15. The standard InChI is InChI=1S/C18H19N5O3/c1-3-25-16-8-4-14(5-9-16)20-18(24)13(2)26-17-10-6-15(7-11-17)23-12-19-21-22-23/h4-13H,3H2,1-2H3,(H,20,24)/t13-/m1/s1. The Bertz CT molecular complexity index is 832. The van der Waals surface area contributed by atoms with Crippen LogP contribution in [-0.2, 0) is 4.79 Å². The Morgan fingerprint density at radius 1 is 1.12 bits per heavy atom. The van der Waals surface area contributed by atoms with Crippen molar-refractivity contribution in [3.8, 4) is 17.2 Å². The summed E-state index contributed by atoms with van der Waals surface area (Å²) in [4.78, 5) is 12.3. The Balaban J connectivity index is 1.56. The van der Waals surface area contributed by atoms with E-state index in [1.807, 2.05) is 31.2 Å². The van der Waals surface area contributed by atoms with E-state index in [-0.39, 0.29) is 5.91 Å². The van der Waals surface area contributed by atoms with Gasteiger partial charge in [-0.2, -0.15) is 0 Å². The van der Waals surface area contributed by atoms with Crippen molar-refractivity contribution in [3.05, 3.63) is 54.9 Å². The van der Waals surface area contributed by atoms with Crippen molar-refractivity contribution in [1.29, 1.82) is 0 Å². The fraction of sp³-hybridized carbons (Fsp3) is 0.222. The van der Waals surface area contributed by atoms with Crippen molar-refractivity contribution in [2.24, 2.45) is 0 Å². The van der Waals surface area contributed by atoms with Crippen LogP contribution in [0, 0.1) is 0 Å². The Morgan fingerprint density at radius 2 is 1.81 bits per heavy atom. The zero-order valence-electron chi connectivity index (χ0n) is 14.5. The van der Waals surface area contributed by atoms with Gasteiger partial charge in [-0.25, -0.2) is 4.68 Å². The molecule has 0 saturated heterocycles. The van der Waals surface area contributed by atoms with Crippen LogP contribution in [0.2, 0.25) is 0 Å². The monoisotopic (exact) mass is 353 g/mol. The lowest BCUT2D eigenvalue weighted by Gasteiger charge is -2.15. The smallest absolute Gasteiger partial charge is 0.265 e. The third kappa shape index (κ3) is 4.35. The lowest BCUT2D eigenvalue weighted by atomic mass is 10.2. The summed E-state index contributed by atoms with van der Waals surface area (Å²) in [7, 11) is 0. The molecule has 0 bridgehead atoms. The highest BCUT2D eigenvalue weighted by molar-refractivity contribution is 5.94. The first-order valence-corrected chi connectivity index (χ1v) is 8.19. The number of benzene rings is 2. The summed E-state index contributed by atoms with van der Waals surface area (Å²) in [5.41, 5.74) is 1.48. The van der Waals surface area contributed by atoms with Gasteiger partial charge in [-0.3, -0.25) is 4.79 Å². The lowest BCUT2D eigenvalue weighted by molar-refractivity contribution is -0.122. The van der Waals surface area contributed by atoms with Gasteiger partial charge in [0.15, 0.2) is 6.10 Å². The van der Waals surface area contributed by atoms with E-state index in [4.69, 9.17) is 9.47 Å². The van der Waals surface area contributed by atoms with Crippen LogP contribution in [0.5, 0.6) is 11.5 Å². The van der Waals surface area contributed by atoms with Gasteiger partial charge >= 0.3 is 0 Å². The zero-order chi connectivity index (χ0) is 18.4. The molecule has 0 saturated carbocycles. The van der Waals surface area contributed by atoms with Gasteiger partial charge in [0.05, 0.1) is 12.3 Å². The number of carbonyl (C=O) groups is 1. The van der Waals surface area contributed by atoms with Crippen molar-refractivity contribution < 1.29 is 14.3 Å². The molecule has 1 heterocycles. The molecule has 1 atom stereocenters. The van der Waals surface area contributed by atoms with Crippen LogP contribution < -0.4 is 14.8 Å². The maximum absolute atomic E-state index is 12.3. The van der Waals surface area contributed by atoms with Crippen LogP contribution in [0.15, 0.2) is 54.9 Å². The number of nitrogens with zero attached hydrogens (tertiary/aromatic N) is 4. The highest BCUT2D eigenvalue weighted by Crippen LogP contribution is 2.18. The minimum Gasteiger partial charge on any atom is -0.494 e. The van der Waals surface area contributed by atoms with Crippen LogP contribution in [0.1, 0.15) is 13.8 Å². The largest absolute Gasteiger partial charge is 0.494 e. The molecule has 134 valence electrons. The van der Waals surface area contributed by atoms with Gasteiger partial charge in [-0.15, -0.1) is 5.10 Å². The summed E-state index contributed by atoms with van der Waals surface area (Å²) < 4.78 is 12.6. The summed E-state index contributed by atoms with van der Waals surface area (Å²) in [6.45, 7) is 4.21. The second kappa shape index (κ2) is 8.11. The van der Waals surface area contributed by atoms with Crippen molar-refractivity contribution in [3.63, 3.8) is 0 Å². The molecule has 0 aliphatic rings. The van der Waals surface area contributed by atoms with E-state index in [1.165, 1.54) is 11.0 Å². The quantitative estimate of drug-likeness (QED) is 0.702. The molecule has 0 spiro atoms. The van der Waals surface area contributed by atoms with Crippen LogP contribution in [0.25, 0.3) is 5.69 Å². The number of nitrogens with one attached hydrogen (secondary N) is 1. The second-order valence-corrected chi connectivity index (χ2v) is 5.46. The zero-order valence-corrected chi connectivity index (χ0v) is 14.5. The molecule has 1 amide bonds. The number of carbonyl (C=O) groups excluding carboxylic acids is 1. The molecule has 26 heavy (non-hydrogen) atoms. The maximum Gasteiger partial charge on any atom is 0.265 e. The van der Waals surface area contributed by atoms with E-state index in [9.17, 15) is 4.79 Å². The predicted molar refractivity (Wildman–Crippen MR) is 95.5 cm³/mol. The first-order chi connectivity index (χ1) is 12.7. The number of rotatable bonds is 7. The molecule has 8 heteroatoms. The fourth-order valence-electron chi connectivity index (χ4n) is 2.26. The maximum atomic E-state index is 12.3. The van der Waals surface area contributed by atoms with Crippen LogP contribution in [-0.4, -0.2) is 38.8 Å². The number of tetrazole rings is 1. The van der Waals surface area contributed by atoms with E-state index in [2.05, 4.69) is 20.8 Å². The topological polar surface area (TPSA) is 91.2 Å². The molecule has 0 fully saturated rings. The average molecular weight is 353 g/mol. The molecule has 2 aromatic carbocycles. The van der Waals surface area contributed by atoms with Gasteiger partial charge in [-0.1, -0.05) is 0 Å². The second-order valence-electron chi connectivity index (χ2n) is 5.46. The van der Waals surface area contributed by atoms with Gasteiger partial charge in [0, 0.05) is 5.69 Å². The Labute approximate surface area is 150 Å². The molecule has 0 unspecified atom stereocenters.